The first kappa shape index (κ1) is 12.6. The van der Waals surface area contributed by atoms with Gasteiger partial charge in [-0.3, -0.25) is 4.57 Å². The van der Waals surface area contributed by atoms with E-state index < -0.39 is 24.1 Å². The largest absolute Gasteiger partial charge is 0.394 e. The topological polar surface area (TPSA) is 111 Å². The summed E-state index contributed by atoms with van der Waals surface area (Å²) in [5, 5.41) is 18.6. The summed E-state index contributed by atoms with van der Waals surface area (Å²) in [6.45, 7) is -0.323. The highest BCUT2D eigenvalue weighted by atomic mass is 16.5. The number of aliphatic hydroxyl groups is 2. The van der Waals surface area contributed by atoms with Crippen molar-refractivity contribution in [2.45, 2.75) is 24.9 Å². The molecule has 0 aromatic carbocycles. The summed E-state index contributed by atoms with van der Waals surface area (Å²) in [4.78, 5) is 15.3. The molecule has 0 amide bonds. The van der Waals surface area contributed by atoms with Crippen molar-refractivity contribution < 1.29 is 14.9 Å². The summed E-state index contributed by atoms with van der Waals surface area (Å²) in [7, 11) is 0. The third-order valence-electron chi connectivity index (χ3n) is 2.83. The Morgan fingerprint density at radius 1 is 1.72 bits per heavy atom. The number of nitrogens with two attached hydrogens (primary N) is 1. The zero-order valence-corrected chi connectivity index (χ0v) is 9.48. The van der Waals surface area contributed by atoms with Crippen molar-refractivity contribution in [2.24, 2.45) is 0 Å². The van der Waals surface area contributed by atoms with Crippen molar-refractivity contribution in [1.82, 2.24) is 9.55 Å². The minimum absolute atomic E-state index is 0.0176. The second kappa shape index (κ2) is 4.78. The van der Waals surface area contributed by atoms with Crippen LogP contribution in [0.4, 0.5) is 5.82 Å². The molecule has 0 unspecified atom stereocenters. The average molecular weight is 251 g/mol. The van der Waals surface area contributed by atoms with Gasteiger partial charge in [-0.25, -0.2) is 4.79 Å². The van der Waals surface area contributed by atoms with E-state index in [0.29, 0.717) is 0 Å². The fraction of sp³-hybridized carbons (Fsp3) is 0.455. The predicted molar refractivity (Wildman–Crippen MR) is 62.5 cm³/mol. The third-order valence-corrected chi connectivity index (χ3v) is 2.83. The van der Waals surface area contributed by atoms with Crippen molar-refractivity contribution in [3.63, 3.8) is 0 Å². The van der Waals surface area contributed by atoms with E-state index in [9.17, 15) is 9.90 Å². The number of ether oxygens (including phenoxy) is 1. The minimum atomic E-state index is -0.835. The lowest BCUT2D eigenvalue weighted by Gasteiger charge is -2.14. The Labute approximate surface area is 103 Å². The van der Waals surface area contributed by atoms with E-state index in [-0.39, 0.29) is 24.4 Å². The number of hydrogen-bond donors (Lipinski definition) is 3. The minimum Gasteiger partial charge on any atom is -0.394 e. The zero-order chi connectivity index (χ0) is 13.3. The number of anilines is 1. The normalized spacial score (nSPS) is 27.1. The third kappa shape index (κ3) is 2.09. The predicted octanol–water partition coefficient (Wildman–Crippen LogP) is -1.55. The maximum absolute atomic E-state index is 11.7. The quantitative estimate of drug-likeness (QED) is 0.549. The maximum Gasteiger partial charge on any atom is 0.351 e. The Morgan fingerprint density at radius 2 is 2.44 bits per heavy atom. The Morgan fingerprint density at radius 3 is 3.00 bits per heavy atom. The van der Waals surface area contributed by atoms with Gasteiger partial charge in [0.15, 0.2) is 0 Å². The molecule has 3 atom stereocenters. The Balaban J connectivity index is 2.36. The molecule has 0 saturated carbocycles. The molecule has 2 heterocycles. The Kier molecular flexibility index (Phi) is 3.34. The van der Waals surface area contributed by atoms with E-state index in [2.05, 4.69) is 10.9 Å². The first-order valence-corrected chi connectivity index (χ1v) is 5.36. The molecule has 1 aliphatic rings. The number of terminal acetylenes is 1. The van der Waals surface area contributed by atoms with Crippen LogP contribution in [0.15, 0.2) is 11.0 Å². The Hall–Kier alpha value is -1.88. The molecule has 1 aromatic heterocycles. The van der Waals surface area contributed by atoms with Crippen LogP contribution in [0.25, 0.3) is 0 Å². The van der Waals surface area contributed by atoms with Crippen LogP contribution in [0.1, 0.15) is 18.2 Å². The van der Waals surface area contributed by atoms with Gasteiger partial charge in [0.1, 0.15) is 18.1 Å². The van der Waals surface area contributed by atoms with Gasteiger partial charge in [-0.1, -0.05) is 5.92 Å². The van der Waals surface area contributed by atoms with Crippen LogP contribution in [-0.4, -0.2) is 38.6 Å². The maximum atomic E-state index is 11.7. The molecule has 1 aliphatic heterocycles. The van der Waals surface area contributed by atoms with Gasteiger partial charge in [-0.15, -0.1) is 6.42 Å². The van der Waals surface area contributed by atoms with Gasteiger partial charge in [-0.05, 0) is 0 Å². The summed E-state index contributed by atoms with van der Waals surface area (Å²) >= 11 is 0. The standard InChI is InChI=1S/C11H13N3O4/c1-2-6-4-14(11(17)13-10(6)12)9-3-7(16)8(5-15)18-9/h1,4,7-9,15-16H,3,5H2,(H2,12,13,17)/t7-,8+,9-/m1/s1. The van der Waals surface area contributed by atoms with E-state index in [1.807, 2.05) is 0 Å². The van der Waals surface area contributed by atoms with Crippen LogP contribution in [0.5, 0.6) is 0 Å². The molecule has 0 spiro atoms. The van der Waals surface area contributed by atoms with Gasteiger partial charge in [0, 0.05) is 12.6 Å². The first-order valence-electron chi connectivity index (χ1n) is 5.36. The van der Waals surface area contributed by atoms with Crippen LogP contribution < -0.4 is 11.4 Å². The fourth-order valence-electron chi connectivity index (χ4n) is 1.85. The van der Waals surface area contributed by atoms with Crippen molar-refractivity contribution >= 4 is 5.82 Å². The van der Waals surface area contributed by atoms with Gasteiger partial charge in [0.2, 0.25) is 0 Å². The fourth-order valence-corrected chi connectivity index (χ4v) is 1.85. The molecule has 18 heavy (non-hydrogen) atoms. The van der Waals surface area contributed by atoms with E-state index in [4.69, 9.17) is 22.0 Å². The molecule has 0 bridgehead atoms. The van der Waals surface area contributed by atoms with E-state index >= 15 is 0 Å². The van der Waals surface area contributed by atoms with Crippen molar-refractivity contribution in [3.8, 4) is 12.3 Å². The molecule has 1 saturated heterocycles. The first-order chi connectivity index (χ1) is 8.56. The van der Waals surface area contributed by atoms with Gasteiger partial charge >= 0.3 is 5.69 Å². The SMILES string of the molecule is C#Cc1cn([C@H]2C[C@@H](O)[C@H](CO)O2)c(=O)nc1N. The smallest absolute Gasteiger partial charge is 0.351 e. The van der Waals surface area contributed by atoms with Crippen LogP contribution in [0.3, 0.4) is 0 Å². The second-order valence-corrected chi connectivity index (χ2v) is 3.99. The van der Waals surface area contributed by atoms with Crippen LogP contribution in [0.2, 0.25) is 0 Å². The van der Waals surface area contributed by atoms with E-state index in [0.717, 1.165) is 0 Å². The summed E-state index contributed by atoms with van der Waals surface area (Å²) in [6.07, 6.45) is 4.53. The van der Waals surface area contributed by atoms with E-state index in [1.54, 1.807) is 0 Å². The lowest BCUT2D eigenvalue weighted by atomic mass is 10.2. The van der Waals surface area contributed by atoms with Crippen LogP contribution in [0, 0.1) is 12.3 Å². The number of aliphatic hydroxyl groups excluding tert-OH is 2. The highest BCUT2D eigenvalue weighted by Gasteiger charge is 2.35. The molecule has 1 fully saturated rings. The summed E-state index contributed by atoms with van der Waals surface area (Å²) in [6, 6.07) is 0. The molecule has 2 rings (SSSR count). The molecule has 0 aliphatic carbocycles. The molecule has 7 nitrogen and oxygen atoms in total. The molecule has 0 radical (unpaired) electrons. The molecule has 96 valence electrons. The highest BCUT2D eigenvalue weighted by Crippen LogP contribution is 2.27. The van der Waals surface area contributed by atoms with Gasteiger partial charge in [0.05, 0.1) is 18.3 Å². The Bertz CT molecular complexity index is 548. The lowest BCUT2D eigenvalue weighted by Crippen LogP contribution is -2.28. The molecular weight excluding hydrogens is 238 g/mol. The van der Waals surface area contributed by atoms with Gasteiger partial charge in [-0.2, -0.15) is 4.98 Å². The average Bonchev–Trinajstić information content (AvgIpc) is 2.70. The number of hydrogen-bond acceptors (Lipinski definition) is 6. The molecule has 7 heteroatoms. The van der Waals surface area contributed by atoms with E-state index in [1.165, 1.54) is 10.8 Å². The summed E-state index contributed by atoms with van der Waals surface area (Å²) in [5.74, 6) is 2.29. The molecular formula is C11H13N3O4. The van der Waals surface area contributed by atoms with Gasteiger partial charge in [0.25, 0.3) is 0 Å². The number of aromatic nitrogens is 2. The van der Waals surface area contributed by atoms with Crippen LogP contribution in [-0.2, 0) is 4.74 Å². The van der Waals surface area contributed by atoms with Crippen molar-refractivity contribution in [3.05, 3.63) is 22.2 Å². The highest BCUT2D eigenvalue weighted by molar-refractivity contribution is 5.47. The van der Waals surface area contributed by atoms with Gasteiger partial charge < -0.3 is 20.7 Å². The summed E-state index contributed by atoms with van der Waals surface area (Å²) < 4.78 is 6.51. The number of rotatable bonds is 2. The number of nitrogens with zero attached hydrogens (tertiary/aromatic N) is 2. The molecule has 4 N–H and O–H groups in total. The second-order valence-electron chi connectivity index (χ2n) is 3.99. The summed E-state index contributed by atoms with van der Waals surface area (Å²) in [5.41, 5.74) is 5.15. The zero-order valence-electron chi connectivity index (χ0n) is 9.48. The lowest BCUT2D eigenvalue weighted by molar-refractivity contribution is -0.0458. The van der Waals surface area contributed by atoms with Crippen molar-refractivity contribution in [1.29, 1.82) is 0 Å². The number of nitrogen functional groups attached to an aromatic ring is 1. The van der Waals surface area contributed by atoms with Crippen LogP contribution >= 0.6 is 0 Å². The molecule has 1 aromatic rings. The monoisotopic (exact) mass is 251 g/mol. The van der Waals surface area contributed by atoms with Crippen molar-refractivity contribution in [2.75, 3.05) is 12.3 Å².